The van der Waals surface area contributed by atoms with Gasteiger partial charge in [-0.1, -0.05) is 48.9 Å². The molecule has 142 valence electrons. The molecule has 0 atom stereocenters. The van der Waals surface area contributed by atoms with Crippen molar-refractivity contribution in [3.05, 3.63) is 64.7 Å². The first-order valence-electron chi connectivity index (χ1n) is 8.72. The van der Waals surface area contributed by atoms with Crippen molar-refractivity contribution in [2.45, 2.75) is 26.2 Å². The van der Waals surface area contributed by atoms with Gasteiger partial charge in [-0.3, -0.25) is 9.59 Å². The van der Waals surface area contributed by atoms with Crippen LogP contribution in [0.25, 0.3) is 0 Å². The van der Waals surface area contributed by atoms with Crippen molar-refractivity contribution in [1.29, 1.82) is 0 Å². The molecule has 0 saturated heterocycles. The monoisotopic (exact) mass is 403 g/mol. The van der Waals surface area contributed by atoms with Crippen molar-refractivity contribution in [3.8, 4) is 0 Å². The maximum atomic E-state index is 12.2. The molecule has 2 aromatic rings. The Balaban J connectivity index is 1.91. The zero-order chi connectivity index (χ0) is 19.6. The molecular weight excluding hydrogens is 382 g/mol. The Morgan fingerprint density at radius 1 is 1.07 bits per heavy atom. The van der Waals surface area contributed by atoms with Crippen molar-refractivity contribution in [2.75, 3.05) is 11.9 Å². The molecule has 0 spiro atoms. The van der Waals surface area contributed by atoms with E-state index >= 15 is 0 Å². The van der Waals surface area contributed by atoms with Crippen LogP contribution in [0, 0.1) is 0 Å². The van der Waals surface area contributed by atoms with Crippen LogP contribution in [0.5, 0.6) is 0 Å². The van der Waals surface area contributed by atoms with E-state index in [1.54, 1.807) is 30.3 Å². The van der Waals surface area contributed by atoms with Crippen LogP contribution in [0.2, 0.25) is 5.02 Å². The highest BCUT2D eigenvalue weighted by molar-refractivity contribution is 7.80. The molecular formula is C20H22ClN3O2S. The van der Waals surface area contributed by atoms with E-state index < -0.39 is 0 Å². The Morgan fingerprint density at radius 3 is 2.52 bits per heavy atom. The quantitative estimate of drug-likeness (QED) is 0.613. The smallest absolute Gasteiger partial charge is 0.253 e. The number of thiocarbonyl (C=S) groups is 1. The lowest BCUT2D eigenvalue weighted by Gasteiger charge is -2.13. The molecule has 0 bridgehead atoms. The lowest BCUT2D eigenvalue weighted by atomic mass is 10.1. The highest BCUT2D eigenvalue weighted by Crippen LogP contribution is 2.17. The van der Waals surface area contributed by atoms with Crippen molar-refractivity contribution in [1.82, 2.24) is 10.6 Å². The number of nitrogens with one attached hydrogen (secondary N) is 3. The number of hydrogen-bond donors (Lipinski definition) is 3. The van der Waals surface area contributed by atoms with Crippen molar-refractivity contribution in [2.24, 2.45) is 0 Å². The number of anilines is 1. The number of amides is 2. The van der Waals surface area contributed by atoms with Crippen LogP contribution in [-0.4, -0.2) is 23.5 Å². The van der Waals surface area contributed by atoms with Gasteiger partial charge in [0.1, 0.15) is 0 Å². The van der Waals surface area contributed by atoms with Gasteiger partial charge in [0, 0.05) is 18.0 Å². The van der Waals surface area contributed by atoms with Gasteiger partial charge < -0.3 is 16.0 Å². The minimum Gasteiger partial charge on any atom is -0.352 e. The summed E-state index contributed by atoms with van der Waals surface area (Å²) in [5.41, 5.74) is 1.92. The van der Waals surface area contributed by atoms with Crippen LogP contribution in [0.15, 0.2) is 48.5 Å². The second-order valence-electron chi connectivity index (χ2n) is 5.90. The van der Waals surface area contributed by atoms with E-state index in [1.807, 2.05) is 25.1 Å². The van der Waals surface area contributed by atoms with E-state index in [0.29, 0.717) is 29.2 Å². The Hall–Kier alpha value is -2.44. The van der Waals surface area contributed by atoms with E-state index in [0.717, 1.165) is 12.0 Å². The third-order valence-electron chi connectivity index (χ3n) is 3.79. The molecule has 7 heteroatoms. The van der Waals surface area contributed by atoms with Crippen LogP contribution < -0.4 is 16.0 Å². The molecule has 2 amide bonds. The van der Waals surface area contributed by atoms with Gasteiger partial charge in [-0.2, -0.15) is 0 Å². The highest BCUT2D eigenvalue weighted by Gasteiger charge is 2.12. The third-order valence-corrected chi connectivity index (χ3v) is 4.36. The number of carbonyl (C=O) groups excluding carboxylic acids is 2. The molecule has 2 aromatic carbocycles. The van der Waals surface area contributed by atoms with Crippen LogP contribution in [-0.2, 0) is 11.2 Å². The Kier molecular flexibility index (Phi) is 8.23. The first-order chi connectivity index (χ1) is 13.0. The molecule has 0 unspecified atom stereocenters. The van der Waals surface area contributed by atoms with Gasteiger partial charge in [0.05, 0.1) is 11.3 Å². The minimum absolute atomic E-state index is 0.148. The predicted molar refractivity (Wildman–Crippen MR) is 113 cm³/mol. The summed E-state index contributed by atoms with van der Waals surface area (Å²) in [5.74, 6) is -0.409. The van der Waals surface area contributed by atoms with E-state index in [9.17, 15) is 9.59 Å². The SMILES string of the molecule is CCCNC(=O)c1ccccc1NC(=S)NC(=O)CCc1ccccc1Cl. The summed E-state index contributed by atoms with van der Waals surface area (Å²) in [6, 6.07) is 14.4. The fourth-order valence-corrected chi connectivity index (χ4v) is 2.87. The van der Waals surface area contributed by atoms with E-state index in [1.165, 1.54) is 0 Å². The summed E-state index contributed by atoms with van der Waals surface area (Å²) in [4.78, 5) is 24.4. The maximum Gasteiger partial charge on any atom is 0.253 e. The van der Waals surface area contributed by atoms with E-state index in [-0.39, 0.29) is 23.3 Å². The number of carbonyl (C=O) groups is 2. The summed E-state index contributed by atoms with van der Waals surface area (Å²) >= 11 is 11.3. The summed E-state index contributed by atoms with van der Waals surface area (Å²) in [5, 5.41) is 9.16. The molecule has 0 aromatic heterocycles. The Labute approximate surface area is 169 Å². The number of rotatable bonds is 7. The molecule has 0 aliphatic heterocycles. The molecule has 0 heterocycles. The average Bonchev–Trinajstić information content (AvgIpc) is 2.65. The largest absolute Gasteiger partial charge is 0.352 e. The lowest BCUT2D eigenvalue weighted by Crippen LogP contribution is -2.35. The molecule has 0 saturated carbocycles. The molecule has 0 aliphatic carbocycles. The zero-order valence-corrected chi connectivity index (χ0v) is 16.6. The third kappa shape index (κ3) is 6.66. The molecule has 0 radical (unpaired) electrons. The van der Waals surface area contributed by atoms with E-state index in [2.05, 4.69) is 16.0 Å². The molecule has 2 rings (SSSR count). The van der Waals surface area contributed by atoms with Crippen LogP contribution in [0.1, 0.15) is 35.7 Å². The zero-order valence-electron chi connectivity index (χ0n) is 15.0. The summed E-state index contributed by atoms with van der Waals surface area (Å²) in [6.45, 7) is 2.58. The summed E-state index contributed by atoms with van der Waals surface area (Å²) < 4.78 is 0. The number of hydrogen-bond acceptors (Lipinski definition) is 3. The van der Waals surface area contributed by atoms with Gasteiger partial charge in [0.15, 0.2) is 5.11 Å². The molecule has 0 fully saturated rings. The number of aryl methyl sites for hydroxylation is 1. The summed E-state index contributed by atoms with van der Waals surface area (Å²) in [7, 11) is 0. The van der Waals surface area contributed by atoms with Gasteiger partial charge in [-0.15, -0.1) is 0 Å². The highest BCUT2D eigenvalue weighted by atomic mass is 35.5. The van der Waals surface area contributed by atoms with Crippen LogP contribution >= 0.6 is 23.8 Å². The first kappa shape index (κ1) is 20.9. The second kappa shape index (κ2) is 10.6. The topological polar surface area (TPSA) is 70.2 Å². The molecule has 3 N–H and O–H groups in total. The molecule has 0 aliphatic rings. The molecule has 5 nitrogen and oxygen atoms in total. The lowest BCUT2D eigenvalue weighted by molar-refractivity contribution is -0.119. The van der Waals surface area contributed by atoms with Crippen LogP contribution in [0.3, 0.4) is 0 Å². The van der Waals surface area contributed by atoms with Gasteiger partial charge in [0.2, 0.25) is 5.91 Å². The number of benzene rings is 2. The molecule has 27 heavy (non-hydrogen) atoms. The average molecular weight is 404 g/mol. The second-order valence-corrected chi connectivity index (χ2v) is 6.71. The predicted octanol–water partition coefficient (Wildman–Crippen LogP) is 3.93. The van der Waals surface area contributed by atoms with Crippen molar-refractivity contribution >= 4 is 46.4 Å². The minimum atomic E-state index is -0.222. The Bertz CT molecular complexity index is 826. The van der Waals surface area contributed by atoms with Gasteiger partial charge in [0.25, 0.3) is 5.91 Å². The first-order valence-corrected chi connectivity index (χ1v) is 9.51. The number of halogens is 1. The fourth-order valence-electron chi connectivity index (χ4n) is 2.42. The Morgan fingerprint density at radius 2 is 1.78 bits per heavy atom. The van der Waals surface area contributed by atoms with Gasteiger partial charge >= 0.3 is 0 Å². The van der Waals surface area contributed by atoms with Crippen molar-refractivity contribution < 1.29 is 9.59 Å². The normalized spacial score (nSPS) is 10.1. The number of para-hydroxylation sites is 1. The van der Waals surface area contributed by atoms with Crippen LogP contribution in [0.4, 0.5) is 5.69 Å². The fraction of sp³-hybridized carbons (Fsp3) is 0.250. The maximum absolute atomic E-state index is 12.2. The van der Waals surface area contributed by atoms with Crippen molar-refractivity contribution in [3.63, 3.8) is 0 Å². The standard InChI is InChI=1S/C20H22ClN3O2S/c1-2-13-22-19(26)15-8-4-6-10-17(15)23-20(27)24-18(25)12-11-14-7-3-5-9-16(14)21/h3-10H,2,11-13H2,1H3,(H,22,26)(H2,23,24,25,27). The van der Waals surface area contributed by atoms with E-state index in [4.69, 9.17) is 23.8 Å². The van der Waals surface area contributed by atoms with Gasteiger partial charge in [-0.05, 0) is 48.8 Å². The summed E-state index contributed by atoms with van der Waals surface area (Å²) in [6.07, 6.45) is 1.62. The van der Waals surface area contributed by atoms with Gasteiger partial charge in [-0.25, -0.2) is 0 Å².